The number of halogens is 2. The molecule has 0 aromatic heterocycles. The first-order valence-corrected chi connectivity index (χ1v) is 7.62. The molecule has 0 aliphatic heterocycles. The normalized spacial score (nSPS) is 13.7. The highest BCUT2D eigenvalue weighted by Gasteiger charge is 2.23. The van der Waals surface area contributed by atoms with Crippen molar-refractivity contribution in [1.29, 1.82) is 0 Å². The summed E-state index contributed by atoms with van der Waals surface area (Å²) in [7, 11) is 0. The van der Waals surface area contributed by atoms with Crippen molar-refractivity contribution >= 4 is 29.4 Å². The van der Waals surface area contributed by atoms with E-state index in [1.807, 2.05) is 0 Å². The molecular weight excluding hydrogens is 328 g/mol. The Morgan fingerprint density at radius 3 is 2.74 bits per heavy atom. The average molecular weight is 345 g/mol. The minimum absolute atomic E-state index is 0.0491. The van der Waals surface area contributed by atoms with Crippen LogP contribution in [0.1, 0.15) is 19.3 Å². The number of carboxylic acids is 1. The van der Waals surface area contributed by atoms with E-state index in [-0.39, 0.29) is 24.5 Å². The molecule has 1 aromatic carbocycles. The number of ether oxygens (including phenoxy) is 2. The van der Waals surface area contributed by atoms with Crippen molar-refractivity contribution < 1.29 is 28.2 Å². The minimum Gasteiger partial charge on any atom is -0.489 e. The predicted molar refractivity (Wildman–Crippen MR) is 84.5 cm³/mol. The van der Waals surface area contributed by atoms with Crippen LogP contribution in [0.15, 0.2) is 18.2 Å². The van der Waals surface area contributed by atoms with Gasteiger partial charge in [-0.3, -0.25) is 4.79 Å². The van der Waals surface area contributed by atoms with E-state index in [0.717, 1.165) is 12.8 Å². The number of nitrogens with zero attached hydrogens (tertiary/aromatic N) is 1. The fraction of sp³-hybridized carbons (Fsp3) is 0.467. The Labute approximate surface area is 137 Å². The van der Waals surface area contributed by atoms with E-state index in [2.05, 4.69) is 4.74 Å². The third-order valence-corrected chi connectivity index (χ3v) is 3.59. The quantitative estimate of drug-likeness (QED) is 0.657. The molecule has 1 fully saturated rings. The summed E-state index contributed by atoms with van der Waals surface area (Å²) in [4.78, 5) is 12.2. The molecule has 0 atom stereocenters. The summed E-state index contributed by atoms with van der Waals surface area (Å²) < 4.78 is 35.0. The second kappa shape index (κ2) is 8.05. The lowest BCUT2D eigenvalue weighted by Gasteiger charge is -2.20. The molecule has 8 heteroatoms. The SMILES string of the molecule is O=C(O)CCN(C=S)c1ccc(OC(F)F)c(OCC2CC2)c1. The van der Waals surface area contributed by atoms with Gasteiger partial charge >= 0.3 is 12.6 Å². The van der Waals surface area contributed by atoms with Gasteiger partial charge in [0.05, 0.1) is 18.5 Å². The van der Waals surface area contributed by atoms with Crippen molar-refractivity contribution in [2.45, 2.75) is 25.9 Å². The van der Waals surface area contributed by atoms with Crippen LogP contribution >= 0.6 is 12.2 Å². The lowest BCUT2D eigenvalue weighted by Crippen LogP contribution is -2.23. The van der Waals surface area contributed by atoms with Crippen LogP contribution in [0.25, 0.3) is 0 Å². The Bertz CT molecular complexity index is 566. The average Bonchev–Trinajstić information content (AvgIpc) is 3.31. The van der Waals surface area contributed by atoms with Crippen molar-refractivity contribution in [2.75, 3.05) is 18.1 Å². The number of alkyl halides is 2. The molecule has 126 valence electrons. The zero-order valence-electron chi connectivity index (χ0n) is 12.3. The van der Waals surface area contributed by atoms with Gasteiger partial charge in [-0.05, 0) is 30.9 Å². The molecular formula is C15H17F2NO4S. The number of aliphatic carboxylic acids is 1. The smallest absolute Gasteiger partial charge is 0.387 e. The third kappa shape index (κ3) is 5.63. The lowest BCUT2D eigenvalue weighted by molar-refractivity contribution is -0.136. The van der Waals surface area contributed by atoms with Crippen molar-refractivity contribution in [3.8, 4) is 11.5 Å². The summed E-state index contributed by atoms with van der Waals surface area (Å²) in [5, 5.41) is 8.75. The van der Waals surface area contributed by atoms with E-state index >= 15 is 0 Å². The molecule has 1 N–H and O–H groups in total. The van der Waals surface area contributed by atoms with E-state index in [1.54, 1.807) is 4.90 Å². The standard InChI is InChI=1S/C15H17F2NO4S/c16-15(17)22-12-4-3-11(18(9-23)6-5-14(19)20)7-13(12)21-8-10-1-2-10/h3-4,7,9-10,15H,1-2,5-6,8H2,(H,19,20). The van der Waals surface area contributed by atoms with Crippen LogP contribution < -0.4 is 14.4 Å². The van der Waals surface area contributed by atoms with Gasteiger partial charge in [0.25, 0.3) is 0 Å². The number of carbonyl (C=O) groups is 1. The zero-order valence-corrected chi connectivity index (χ0v) is 13.1. The highest BCUT2D eigenvalue weighted by molar-refractivity contribution is 7.79. The fourth-order valence-electron chi connectivity index (χ4n) is 1.93. The lowest BCUT2D eigenvalue weighted by atomic mass is 10.2. The Morgan fingerprint density at radius 1 is 1.43 bits per heavy atom. The van der Waals surface area contributed by atoms with E-state index in [1.165, 1.54) is 23.7 Å². The molecule has 0 radical (unpaired) electrons. The molecule has 0 spiro atoms. The minimum atomic E-state index is -2.95. The number of carboxylic acid groups (broad SMARTS) is 1. The Morgan fingerprint density at radius 2 is 2.17 bits per heavy atom. The molecule has 5 nitrogen and oxygen atoms in total. The summed E-state index contributed by atoms with van der Waals surface area (Å²) in [6.45, 7) is -2.33. The van der Waals surface area contributed by atoms with Crippen LogP contribution in [0.5, 0.6) is 11.5 Å². The molecule has 0 saturated heterocycles. The molecule has 1 aliphatic rings. The molecule has 1 aromatic rings. The molecule has 0 heterocycles. The largest absolute Gasteiger partial charge is 0.489 e. The second-order valence-electron chi connectivity index (χ2n) is 5.21. The number of thiocarbonyl (C=S) groups is 1. The van der Waals surface area contributed by atoms with Crippen molar-refractivity contribution in [2.24, 2.45) is 5.92 Å². The molecule has 0 bridgehead atoms. The first-order valence-electron chi connectivity index (χ1n) is 7.15. The molecule has 0 amide bonds. The van der Waals surface area contributed by atoms with Gasteiger partial charge in [-0.2, -0.15) is 8.78 Å². The van der Waals surface area contributed by atoms with Gasteiger partial charge in [0, 0.05) is 18.3 Å². The highest BCUT2D eigenvalue weighted by atomic mass is 32.1. The van der Waals surface area contributed by atoms with E-state index in [4.69, 9.17) is 22.1 Å². The maximum Gasteiger partial charge on any atom is 0.387 e. The van der Waals surface area contributed by atoms with Gasteiger partial charge < -0.3 is 19.5 Å². The van der Waals surface area contributed by atoms with Crippen LogP contribution in [-0.2, 0) is 4.79 Å². The van der Waals surface area contributed by atoms with Crippen LogP contribution in [-0.4, -0.2) is 36.3 Å². The first kappa shape index (κ1) is 17.4. The van der Waals surface area contributed by atoms with Gasteiger partial charge in [-0.15, -0.1) is 0 Å². The van der Waals surface area contributed by atoms with E-state index < -0.39 is 12.6 Å². The zero-order chi connectivity index (χ0) is 16.8. The third-order valence-electron chi connectivity index (χ3n) is 3.34. The molecule has 1 saturated carbocycles. The highest BCUT2D eigenvalue weighted by Crippen LogP contribution is 2.36. The van der Waals surface area contributed by atoms with E-state index in [0.29, 0.717) is 18.2 Å². The Hall–Kier alpha value is -1.96. The van der Waals surface area contributed by atoms with Crippen molar-refractivity contribution in [3.05, 3.63) is 18.2 Å². The topological polar surface area (TPSA) is 59.0 Å². The van der Waals surface area contributed by atoms with Gasteiger partial charge in [0.2, 0.25) is 0 Å². The van der Waals surface area contributed by atoms with Gasteiger partial charge in [-0.1, -0.05) is 12.2 Å². The van der Waals surface area contributed by atoms with E-state index in [9.17, 15) is 13.6 Å². The monoisotopic (exact) mass is 345 g/mol. The summed E-state index contributed by atoms with van der Waals surface area (Å²) >= 11 is 4.89. The maximum absolute atomic E-state index is 12.5. The summed E-state index contributed by atoms with van der Waals surface area (Å²) in [5.74, 6) is -0.347. The summed E-state index contributed by atoms with van der Waals surface area (Å²) in [6, 6.07) is 4.44. The molecule has 0 unspecified atom stereocenters. The van der Waals surface area contributed by atoms with Crippen LogP contribution in [0, 0.1) is 5.92 Å². The van der Waals surface area contributed by atoms with Crippen molar-refractivity contribution in [3.63, 3.8) is 0 Å². The van der Waals surface area contributed by atoms with Gasteiger partial charge in [-0.25, -0.2) is 0 Å². The predicted octanol–water partition coefficient (Wildman–Crippen LogP) is 3.32. The number of anilines is 1. The van der Waals surface area contributed by atoms with Gasteiger partial charge in [0.1, 0.15) is 0 Å². The number of rotatable bonds is 10. The van der Waals surface area contributed by atoms with Crippen LogP contribution in [0.3, 0.4) is 0 Å². The number of benzene rings is 1. The van der Waals surface area contributed by atoms with Crippen molar-refractivity contribution in [1.82, 2.24) is 0 Å². The summed E-state index contributed by atoms with van der Waals surface area (Å²) in [6.07, 6.45) is 2.03. The summed E-state index contributed by atoms with van der Waals surface area (Å²) in [5.41, 5.74) is 1.88. The molecule has 23 heavy (non-hydrogen) atoms. The van der Waals surface area contributed by atoms with Crippen LogP contribution in [0.4, 0.5) is 14.5 Å². The Balaban J connectivity index is 2.16. The number of hydrogen-bond donors (Lipinski definition) is 1. The molecule has 2 rings (SSSR count). The first-order chi connectivity index (χ1) is 11.0. The molecule has 1 aliphatic carbocycles. The number of hydrogen-bond acceptors (Lipinski definition) is 4. The van der Waals surface area contributed by atoms with Gasteiger partial charge in [0.15, 0.2) is 11.5 Å². The second-order valence-corrected chi connectivity index (χ2v) is 5.42. The fourth-order valence-corrected chi connectivity index (χ4v) is 2.16. The van der Waals surface area contributed by atoms with Crippen LogP contribution in [0.2, 0.25) is 0 Å². The maximum atomic E-state index is 12.5. The Kier molecular flexibility index (Phi) is 6.09.